The Balaban J connectivity index is 2.24. The number of allylic oxidation sites excluding steroid dienone is 1. The number of rotatable bonds is 8. The third kappa shape index (κ3) is 3.04. The molecule has 0 saturated heterocycles. The highest BCUT2D eigenvalue weighted by atomic mass is 35.5. The zero-order valence-electron chi connectivity index (χ0n) is 10.7. The van der Waals surface area contributed by atoms with Gasteiger partial charge in [-0.15, -0.1) is 23.2 Å². The van der Waals surface area contributed by atoms with Crippen LogP contribution < -0.4 is 0 Å². The summed E-state index contributed by atoms with van der Waals surface area (Å²) in [6.45, 7) is 0.0618. The van der Waals surface area contributed by atoms with Crippen molar-refractivity contribution in [2.45, 2.75) is 18.1 Å². The molecule has 1 fully saturated rings. The normalized spacial score (nSPS) is 31.9. The highest BCUT2D eigenvalue weighted by Crippen LogP contribution is 2.63. The van der Waals surface area contributed by atoms with Gasteiger partial charge in [-0.05, 0) is 12.3 Å². The maximum Gasteiger partial charge on any atom is 0.341 e. The zero-order chi connectivity index (χ0) is 14.8. The van der Waals surface area contributed by atoms with Gasteiger partial charge in [-0.1, -0.05) is 12.2 Å². The van der Waals surface area contributed by atoms with E-state index in [1.807, 2.05) is 12.2 Å². The molecule has 9 heteroatoms. The summed E-state index contributed by atoms with van der Waals surface area (Å²) in [7, 11) is -3.61. The number of fused-ring (bicyclic) bond motifs is 2. The fourth-order valence-electron chi connectivity index (χ4n) is 3.01. The van der Waals surface area contributed by atoms with Crippen LogP contribution in [0, 0.1) is 22.0 Å². The number of halogens is 2. The van der Waals surface area contributed by atoms with Crippen molar-refractivity contribution in [2.75, 3.05) is 25.0 Å². The van der Waals surface area contributed by atoms with Gasteiger partial charge in [-0.25, -0.2) is 0 Å². The second-order valence-electron chi connectivity index (χ2n) is 4.80. The lowest BCUT2D eigenvalue weighted by Gasteiger charge is -2.29. The second kappa shape index (κ2) is 6.75. The molecule has 0 aliphatic heterocycles. The lowest BCUT2D eigenvalue weighted by Crippen LogP contribution is -2.38. The molecular formula is C11H16Cl2NO5P. The molecule has 0 unspecified atom stereocenters. The van der Waals surface area contributed by atoms with Crippen molar-refractivity contribution in [3.63, 3.8) is 0 Å². The van der Waals surface area contributed by atoms with E-state index < -0.39 is 19.3 Å². The van der Waals surface area contributed by atoms with E-state index in [9.17, 15) is 14.7 Å². The minimum absolute atomic E-state index is 0.0309. The van der Waals surface area contributed by atoms with Crippen LogP contribution in [0.25, 0.3) is 0 Å². The maximum absolute atomic E-state index is 12.9. The van der Waals surface area contributed by atoms with Crippen LogP contribution in [0.1, 0.15) is 6.42 Å². The standard InChI is InChI=1S/C11H16Cl2NO5P/c12-3-5-18-20(17,19-6-4-13)11-9-2-1-8(7-9)10(11)14(15)16/h1-2,8-11H,3-7H2/t8-,9+,10-,11-/m1/s1. The maximum atomic E-state index is 12.9. The smallest absolute Gasteiger partial charge is 0.307 e. The van der Waals surface area contributed by atoms with Crippen LogP contribution in [0.2, 0.25) is 0 Å². The van der Waals surface area contributed by atoms with Crippen molar-refractivity contribution < 1.29 is 18.5 Å². The minimum atomic E-state index is -3.61. The summed E-state index contributed by atoms with van der Waals surface area (Å²) in [5.41, 5.74) is -0.751. The molecule has 2 aliphatic carbocycles. The fraction of sp³-hybridized carbons (Fsp3) is 0.818. The Morgan fingerprint density at radius 2 is 1.75 bits per heavy atom. The topological polar surface area (TPSA) is 78.7 Å². The molecule has 0 amide bonds. The first-order valence-electron chi connectivity index (χ1n) is 6.36. The third-order valence-corrected chi connectivity index (χ3v) is 6.49. The molecule has 1 saturated carbocycles. The zero-order valence-corrected chi connectivity index (χ0v) is 13.1. The van der Waals surface area contributed by atoms with Gasteiger partial charge in [0.1, 0.15) is 5.66 Å². The van der Waals surface area contributed by atoms with Crippen LogP contribution >= 0.6 is 30.8 Å². The van der Waals surface area contributed by atoms with Crippen molar-refractivity contribution in [3.8, 4) is 0 Å². The molecule has 0 aromatic heterocycles. The van der Waals surface area contributed by atoms with Crippen LogP contribution in [0.3, 0.4) is 0 Å². The number of nitro groups is 1. The van der Waals surface area contributed by atoms with E-state index >= 15 is 0 Å². The molecule has 0 spiro atoms. The summed E-state index contributed by atoms with van der Waals surface area (Å²) < 4.78 is 23.5. The number of alkyl halides is 2. The van der Waals surface area contributed by atoms with E-state index in [0.29, 0.717) is 6.42 Å². The quantitative estimate of drug-likeness (QED) is 0.222. The largest absolute Gasteiger partial charge is 0.341 e. The number of nitrogens with zero attached hydrogens (tertiary/aromatic N) is 1. The molecule has 0 aromatic carbocycles. The van der Waals surface area contributed by atoms with Gasteiger partial charge in [-0.3, -0.25) is 14.7 Å². The lowest BCUT2D eigenvalue weighted by atomic mass is 10.0. The third-order valence-electron chi connectivity index (χ3n) is 3.68. The van der Waals surface area contributed by atoms with Crippen molar-refractivity contribution in [1.82, 2.24) is 0 Å². The average molecular weight is 344 g/mol. The Morgan fingerprint density at radius 1 is 1.20 bits per heavy atom. The SMILES string of the molecule is O=[N+]([O-])[C@H]1[C@H](P(=O)(OCCCl)OCCCl)[C@H]2C=C[C@@H]1C2. The van der Waals surface area contributed by atoms with Gasteiger partial charge in [0.15, 0.2) is 0 Å². The molecule has 0 heterocycles. The summed E-state index contributed by atoms with van der Waals surface area (Å²) in [4.78, 5) is 10.9. The molecule has 6 nitrogen and oxygen atoms in total. The molecule has 2 bridgehead atoms. The predicted molar refractivity (Wildman–Crippen MR) is 76.3 cm³/mol. The van der Waals surface area contributed by atoms with E-state index in [0.717, 1.165) is 0 Å². The Kier molecular flexibility index (Phi) is 5.49. The second-order valence-corrected chi connectivity index (χ2v) is 7.75. The molecule has 0 radical (unpaired) electrons. The number of hydrogen-bond donors (Lipinski definition) is 0. The molecule has 0 N–H and O–H groups in total. The summed E-state index contributed by atoms with van der Waals surface area (Å²) in [5, 5.41) is 11.3. The van der Waals surface area contributed by atoms with Gasteiger partial charge in [0.2, 0.25) is 6.04 Å². The first-order valence-corrected chi connectivity index (χ1v) is 9.04. The molecule has 4 atom stereocenters. The molecule has 2 aliphatic rings. The predicted octanol–water partition coefficient (Wildman–Crippen LogP) is 2.91. The molecule has 114 valence electrons. The van der Waals surface area contributed by atoms with E-state index in [1.54, 1.807) is 0 Å². The molecule has 2 rings (SSSR count). The highest BCUT2D eigenvalue weighted by Gasteiger charge is 2.61. The van der Waals surface area contributed by atoms with E-state index in [-0.39, 0.29) is 41.7 Å². The number of hydrogen-bond acceptors (Lipinski definition) is 5. The van der Waals surface area contributed by atoms with Crippen LogP contribution in [0.4, 0.5) is 0 Å². The van der Waals surface area contributed by atoms with Crippen molar-refractivity contribution in [2.24, 2.45) is 11.8 Å². The summed E-state index contributed by atoms with van der Waals surface area (Å²) in [6, 6.07) is -0.929. The first-order chi connectivity index (χ1) is 9.53. The lowest BCUT2D eigenvalue weighted by molar-refractivity contribution is -0.526. The van der Waals surface area contributed by atoms with E-state index in [1.165, 1.54) is 0 Å². The Bertz CT molecular complexity index is 435. The summed E-state index contributed by atoms with van der Waals surface area (Å²) in [5.74, 6) is -0.0541. The summed E-state index contributed by atoms with van der Waals surface area (Å²) >= 11 is 11.1. The van der Waals surface area contributed by atoms with Crippen molar-refractivity contribution in [3.05, 3.63) is 22.3 Å². The average Bonchev–Trinajstić information content (AvgIpc) is 3.03. The van der Waals surface area contributed by atoms with Gasteiger partial charge in [-0.2, -0.15) is 0 Å². The Hall–Kier alpha value is -0.130. The van der Waals surface area contributed by atoms with Crippen LogP contribution in [-0.4, -0.2) is 41.6 Å². The van der Waals surface area contributed by atoms with Gasteiger partial charge in [0.05, 0.1) is 13.2 Å². The monoisotopic (exact) mass is 343 g/mol. The molecule has 20 heavy (non-hydrogen) atoms. The van der Waals surface area contributed by atoms with Crippen molar-refractivity contribution >= 4 is 30.8 Å². The van der Waals surface area contributed by atoms with E-state index in [4.69, 9.17) is 32.2 Å². The van der Waals surface area contributed by atoms with Gasteiger partial charge in [0.25, 0.3) is 0 Å². The molecule has 0 aromatic rings. The van der Waals surface area contributed by atoms with Gasteiger partial charge >= 0.3 is 7.60 Å². The molecular weight excluding hydrogens is 328 g/mol. The van der Waals surface area contributed by atoms with Gasteiger partial charge < -0.3 is 9.05 Å². The summed E-state index contributed by atoms with van der Waals surface area (Å²) in [6.07, 6.45) is 4.31. The van der Waals surface area contributed by atoms with Crippen LogP contribution in [0.5, 0.6) is 0 Å². The van der Waals surface area contributed by atoms with Crippen LogP contribution in [-0.2, 0) is 13.6 Å². The van der Waals surface area contributed by atoms with E-state index in [2.05, 4.69) is 0 Å². The van der Waals surface area contributed by atoms with Crippen molar-refractivity contribution in [1.29, 1.82) is 0 Å². The minimum Gasteiger partial charge on any atom is -0.307 e. The van der Waals surface area contributed by atoms with Crippen LogP contribution in [0.15, 0.2) is 12.2 Å². The Morgan fingerprint density at radius 3 is 2.25 bits per heavy atom. The Labute approximate surface area is 127 Å². The fourth-order valence-corrected chi connectivity index (χ4v) is 5.88. The first kappa shape index (κ1) is 16.2. The van der Waals surface area contributed by atoms with Gasteiger partial charge in [0, 0.05) is 22.6 Å². The highest BCUT2D eigenvalue weighted by molar-refractivity contribution is 7.54.